The van der Waals surface area contributed by atoms with Crippen molar-refractivity contribution in [1.82, 2.24) is 0 Å². The highest BCUT2D eigenvalue weighted by molar-refractivity contribution is 6.30. The molecule has 1 N–H and O–H groups in total. The lowest BCUT2D eigenvalue weighted by molar-refractivity contribution is 0.115. The van der Waals surface area contributed by atoms with Crippen LogP contribution in [0.15, 0.2) is 18.2 Å². The van der Waals surface area contributed by atoms with Crippen molar-refractivity contribution in [3.63, 3.8) is 0 Å². The minimum atomic E-state index is 0.337. The van der Waals surface area contributed by atoms with E-state index in [1.165, 1.54) is 32.1 Å². The van der Waals surface area contributed by atoms with Gasteiger partial charge in [0.2, 0.25) is 0 Å². The zero-order valence-electron chi connectivity index (χ0n) is 9.97. The van der Waals surface area contributed by atoms with Crippen molar-refractivity contribution in [2.24, 2.45) is 5.41 Å². The van der Waals surface area contributed by atoms with Crippen molar-refractivity contribution < 1.29 is 4.74 Å². The first kappa shape index (κ1) is 11.2. The third-order valence-corrected chi connectivity index (χ3v) is 4.28. The van der Waals surface area contributed by atoms with Gasteiger partial charge in [-0.25, -0.2) is 0 Å². The molecule has 1 aliphatic heterocycles. The molecule has 0 saturated heterocycles. The predicted molar refractivity (Wildman–Crippen MR) is 71.0 cm³/mol. The summed E-state index contributed by atoms with van der Waals surface area (Å²) in [7, 11) is 0. The molecule has 17 heavy (non-hydrogen) atoms. The predicted octanol–water partition coefficient (Wildman–Crippen LogP) is 4.09. The smallest absolute Gasteiger partial charge is 0.143 e. The quantitative estimate of drug-likeness (QED) is 0.750. The molecule has 3 rings (SSSR count). The molecule has 1 heterocycles. The highest BCUT2D eigenvalue weighted by Gasteiger charge is 2.34. The van der Waals surface area contributed by atoms with Crippen LogP contribution in [0.3, 0.4) is 0 Å². The summed E-state index contributed by atoms with van der Waals surface area (Å²) >= 11 is 6.00. The van der Waals surface area contributed by atoms with Crippen LogP contribution in [-0.4, -0.2) is 13.2 Å². The third kappa shape index (κ3) is 2.23. The fourth-order valence-corrected chi connectivity index (χ4v) is 3.11. The molecule has 1 aromatic carbocycles. The van der Waals surface area contributed by atoms with E-state index in [9.17, 15) is 0 Å². The Balaban J connectivity index is 1.82. The number of benzene rings is 1. The second-order valence-electron chi connectivity index (χ2n) is 5.34. The molecule has 92 valence electrons. The summed E-state index contributed by atoms with van der Waals surface area (Å²) < 4.78 is 5.98. The Bertz CT molecular complexity index is 413. The van der Waals surface area contributed by atoms with Crippen LogP contribution >= 0.6 is 11.6 Å². The number of halogens is 1. The molecule has 0 atom stereocenters. The van der Waals surface area contributed by atoms with Gasteiger partial charge >= 0.3 is 0 Å². The van der Waals surface area contributed by atoms with E-state index in [0.717, 1.165) is 29.6 Å². The molecule has 0 bridgehead atoms. The molecule has 0 amide bonds. The summed E-state index contributed by atoms with van der Waals surface area (Å²) in [4.78, 5) is 0. The van der Waals surface area contributed by atoms with Crippen molar-refractivity contribution in [2.45, 2.75) is 32.1 Å². The van der Waals surface area contributed by atoms with Gasteiger partial charge in [0.05, 0.1) is 12.3 Å². The lowest BCUT2D eigenvalue weighted by Crippen LogP contribution is -2.36. The van der Waals surface area contributed by atoms with Gasteiger partial charge in [-0.2, -0.15) is 0 Å². The Labute approximate surface area is 107 Å². The lowest BCUT2D eigenvalue weighted by Gasteiger charge is -2.35. The van der Waals surface area contributed by atoms with Crippen LogP contribution in [0.4, 0.5) is 5.69 Å². The number of anilines is 1. The van der Waals surface area contributed by atoms with Crippen molar-refractivity contribution in [1.29, 1.82) is 0 Å². The summed E-state index contributed by atoms with van der Waals surface area (Å²) in [5.74, 6) is 0.903. The van der Waals surface area contributed by atoms with Crippen molar-refractivity contribution in [3.8, 4) is 5.75 Å². The molecule has 0 aromatic heterocycles. The molecule has 3 heteroatoms. The average molecular weight is 252 g/mol. The normalized spacial score (nSPS) is 22.2. The van der Waals surface area contributed by atoms with Gasteiger partial charge in [0.25, 0.3) is 0 Å². The maximum absolute atomic E-state index is 6.00. The summed E-state index contributed by atoms with van der Waals surface area (Å²) in [6, 6.07) is 5.83. The fraction of sp³-hybridized carbons (Fsp3) is 0.571. The van der Waals surface area contributed by atoms with Gasteiger partial charge in [-0.15, -0.1) is 0 Å². The van der Waals surface area contributed by atoms with Gasteiger partial charge in [0.15, 0.2) is 0 Å². The van der Waals surface area contributed by atoms with Gasteiger partial charge in [0, 0.05) is 23.0 Å². The zero-order chi connectivity index (χ0) is 11.7. The first-order valence-corrected chi connectivity index (χ1v) is 6.82. The average Bonchev–Trinajstić information content (AvgIpc) is 2.52. The van der Waals surface area contributed by atoms with Crippen molar-refractivity contribution in [2.75, 3.05) is 18.5 Å². The first-order valence-electron chi connectivity index (χ1n) is 6.44. The molecule has 1 saturated carbocycles. The number of ether oxygens (including phenoxy) is 1. The second kappa shape index (κ2) is 4.41. The third-order valence-electron chi connectivity index (χ3n) is 4.05. The van der Waals surface area contributed by atoms with Gasteiger partial charge < -0.3 is 10.1 Å². The number of nitrogens with one attached hydrogen (secondary N) is 1. The van der Waals surface area contributed by atoms with Crippen LogP contribution in [0.1, 0.15) is 32.1 Å². The summed E-state index contributed by atoms with van der Waals surface area (Å²) in [6.45, 7) is 1.86. The Kier molecular flexibility index (Phi) is 2.91. The topological polar surface area (TPSA) is 21.3 Å². The van der Waals surface area contributed by atoms with E-state index in [2.05, 4.69) is 5.32 Å². The molecular weight excluding hydrogens is 234 g/mol. The number of rotatable bonds is 0. The summed E-state index contributed by atoms with van der Waals surface area (Å²) in [5.41, 5.74) is 1.42. The van der Waals surface area contributed by atoms with Crippen LogP contribution in [0.5, 0.6) is 5.75 Å². The first-order chi connectivity index (χ1) is 8.27. The highest BCUT2D eigenvalue weighted by atomic mass is 35.5. The largest absolute Gasteiger partial charge is 0.491 e. The molecule has 1 aromatic rings. The monoisotopic (exact) mass is 251 g/mol. The van der Waals surface area contributed by atoms with E-state index in [-0.39, 0.29) is 0 Å². The second-order valence-corrected chi connectivity index (χ2v) is 5.78. The number of hydrogen-bond donors (Lipinski definition) is 1. The molecular formula is C14H18ClNO. The maximum Gasteiger partial charge on any atom is 0.143 e. The van der Waals surface area contributed by atoms with Crippen LogP contribution in [-0.2, 0) is 0 Å². The Hall–Kier alpha value is -0.890. The van der Waals surface area contributed by atoms with Crippen molar-refractivity contribution in [3.05, 3.63) is 23.2 Å². The molecule has 2 aliphatic rings. The van der Waals surface area contributed by atoms with Crippen LogP contribution < -0.4 is 10.1 Å². The van der Waals surface area contributed by atoms with E-state index in [1.54, 1.807) is 0 Å². The van der Waals surface area contributed by atoms with E-state index in [1.807, 2.05) is 18.2 Å². The minimum absolute atomic E-state index is 0.337. The Morgan fingerprint density at radius 2 is 2.00 bits per heavy atom. The molecule has 1 spiro atoms. The van der Waals surface area contributed by atoms with E-state index >= 15 is 0 Å². The van der Waals surface area contributed by atoms with E-state index in [4.69, 9.17) is 16.3 Å². The fourth-order valence-electron chi connectivity index (χ4n) is 2.95. The number of fused-ring (bicyclic) bond motifs is 1. The number of hydrogen-bond acceptors (Lipinski definition) is 2. The van der Waals surface area contributed by atoms with Crippen LogP contribution in [0, 0.1) is 5.41 Å². The molecule has 0 unspecified atom stereocenters. The summed E-state index contributed by atoms with van der Waals surface area (Å²) in [5, 5.41) is 4.27. The molecule has 1 aliphatic carbocycles. The minimum Gasteiger partial charge on any atom is -0.491 e. The van der Waals surface area contributed by atoms with Gasteiger partial charge in [-0.1, -0.05) is 30.9 Å². The van der Waals surface area contributed by atoms with Crippen molar-refractivity contribution >= 4 is 17.3 Å². The summed E-state index contributed by atoms with van der Waals surface area (Å²) in [6.07, 6.45) is 6.61. The zero-order valence-corrected chi connectivity index (χ0v) is 10.7. The van der Waals surface area contributed by atoms with E-state index < -0.39 is 0 Å². The Morgan fingerprint density at radius 1 is 1.18 bits per heavy atom. The Morgan fingerprint density at radius 3 is 2.82 bits per heavy atom. The van der Waals surface area contributed by atoms with Gasteiger partial charge in [-0.3, -0.25) is 0 Å². The molecule has 1 fully saturated rings. The standard InChI is InChI=1S/C14H18ClNO/c15-11-4-5-12-13(8-11)17-10-14(9-16-12)6-2-1-3-7-14/h4-5,8,16H,1-3,6-7,9-10H2. The van der Waals surface area contributed by atoms with Crippen LogP contribution in [0.25, 0.3) is 0 Å². The maximum atomic E-state index is 6.00. The van der Waals surface area contributed by atoms with E-state index in [0.29, 0.717) is 5.41 Å². The SMILES string of the molecule is Clc1ccc2c(c1)OCC1(CCCCC1)CN2. The molecule has 0 radical (unpaired) electrons. The van der Waals surface area contributed by atoms with Crippen LogP contribution in [0.2, 0.25) is 5.02 Å². The highest BCUT2D eigenvalue weighted by Crippen LogP contribution is 2.41. The van der Waals surface area contributed by atoms with Gasteiger partial charge in [0.1, 0.15) is 5.75 Å². The van der Waals surface area contributed by atoms with Gasteiger partial charge in [-0.05, 0) is 25.0 Å². The lowest BCUT2D eigenvalue weighted by atomic mass is 9.74. The molecule has 2 nitrogen and oxygen atoms in total.